The summed E-state index contributed by atoms with van der Waals surface area (Å²) in [5, 5.41) is 10.4. The number of nitrogen functional groups attached to an aromatic ring is 1. The van der Waals surface area contributed by atoms with E-state index in [1.807, 2.05) is 18.2 Å². The van der Waals surface area contributed by atoms with Gasteiger partial charge in [-0.15, -0.1) is 6.58 Å². The molecule has 0 aliphatic rings. The molecule has 0 spiro atoms. The number of anilines is 1. The summed E-state index contributed by atoms with van der Waals surface area (Å²) in [4.78, 5) is 8.55. The molecule has 0 atom stereocenters. The van der Waals surface area contributed by atoms with Gasteiger partial charge >= 0.3 is 0 Å². The average Bonchev–Trinajstić information content (AvgIpc) is 2.47. The van der Waals surface area contributed by atoms with Crippen molar-refractivity contribution in [3.63, 3.8) is 0 Å². The molecule has 4 nitrogen and oxygen atoms in total. The van der Waals surface area contributed by atoms with Gasteiger partial charge in [-0.2, -0.15) is 5.26 Å². The van der Waals surface area contributed by atoms with Gasteiger partial charge in [0.2, 0.25) is 0 Å². The fourth-order valence-corrected chi connectivity index (χ4v) is 2.58. The third-order valence-corrected chi connectivity index (χ3v) is 3.96. The first-order valence-corrected chi connectivity index (χ1v) is 7.55. The lowest BCUT2D eigenvalue weighted by atomic mass is 10.1. The molecule has 1 heterocycles. The van der Waals surface area contributed by atoms with Gasteiger partial charge in [0.25, 0.3) is 0 Å². The molecule has 2 aromatic rings. The molecule has 2 N–H and O–H groups in total. The molecule has 0 unspecified atom stereocenters. The number of hydrogen-bond acceptors (Lipinski definition) is 5. The number of thioether (sulfide) groups is 1. The highest BCUT2D eigenvalue weighted by Crippen LogP contribution is 2.24. The number of aromatic nitrogens is 2. The minimum Gasteiger partial charge on any atom is -0.382 e. The lowest BCUT2D eigenvalue weighted by Gasteiger charge is -2.09. The fraction of sp³-hybridized carbons (Fsp3) is 0.133. The number of halogens is 1. The first-order valence-electron chi connectivity index (χ1n) is 6.19. The van der Waals surface area contributed by atoms with Crippen molar-refractivity contribution in [3.8, 4) is 6.07 Å². The van der Waals surface area contributed by atoms with E-state index in [0.717, 1.165) is 5.56 Å². The van der Waals surface area contributed by atoms with E-state index in [9.17, 15) is 5.26 Å². The van der Waals surface area contributed by atoms with E-state index in [1.165, 1.54) is 11.8 Å². The molecule has 0 fully saturated rings. The fourth-order valence-electron chi connectivity index (χ4n) is 1.77. The number of nitriles is 1. The van der Waals surface area contributed by atoms with Crippen LogP contribution in [0.1, 0.15) is 16.8 Å². The zero-order valence-corrected chi connectivity index (χ0v) is 12.8. The lowest BCUT2D eigenvalue weighted by molar-refractivity contribution is 0.903. The van der Waals surface area contributed by atoms with E-state index in [0.29, 0.717) is 33.6 Å². The van der Waals surface area contributed by atoms with Crippen LogP contribution in [0.5, 0.6) is 0 Å². The Hall–Kier alpha value is -2.03. The maximum Gasteiger partial charge on any atom is 0.190 e. The maximum absolute atomic E-state index is 9.25. The van der Waals surface area contributed by atoms with Crippen molar-refractivity contribution in [1.82, 2.24) is 9.97 Å². The van der Waals surface area contributed by atoms with Crippen LogP contribution >= 0.6 is 23.4 Å². The Kier molecular flexibility index (Phi) is 5.20. The van der Waals surface area contributed by atoms with Crippen molar-refractivity contribution >= 4 is 29.2 Å². The van der Waals surface area contributed by atoms with Crippen molar-refractivity contribution in [3.05, 3.63) is 58.8 Å². The van der Waals surface area contributed by atoms with Crippen molar-refractivity contribution in [1.29, 1.82) is 5.26 Å². The number of benzene rings is 1. The number of hydrogen-bond donors (Lipinski definition) is 1. The Morgan fingerprint density at radius 3 is 2.81 bits per heavy atom. The summed E-state index contributed by atoms with van der Waals surface area (Å²) in [6.07, 6.45) is 2.20. The third-order valence-electron chi connectivity index (χ3n) is 2.75. The SMILES string of the molecule is C=CCSc1nc(N)c(C#N)c(Cc2ccccc2Cl)n1. The van der Waals surface area contributed by atoms with Crippen LogP contribution in [0.25, 0.3) is 0 Å². The molecule has 0 radical (unpaired) electrons. The van der Waals surface area contributed by atoms with Crippen LogP contribution in [0.3, 0.4) is 0 Å². The van der Waals surface area contributed by atoms with Crippen molar-refractivity contribution < 1.29 is 0 Å². The highest BCUT2D eigenvalue weighted by atomic mass is 35.5. The Bertz CT molecular complexity index is 709. The van der Waals surface area contributed by atoms with E-state index in [2.05, 4.69) is 22.6 Å². The molecule has 0 saturated carbocycles. The van der Waals surface area contributed by atoms with Crippen molar-refractivity contribution in [2.24, 2.45) is 0 Å². The van der Waals surface area contributed by atoms with E-state index in [4.69, 9.17) is 17.3 Å². The zero-order valence-electron chi connectivity index (χ0n) is 11.2. The molecule has 0 aliphatic carbocycles. The molecule has 1 aromatic carbocycles. The van der Waals surface area contributed by atoms with Crippen LogP contribution in [0.2, 0.25) is 5.02 Å². The van der Waals surface area contributed by atoms with Crippen molar-refractivity contribution in [2.45, 2.75) is 11.6 Å². The van der Waals surface area contributed by atoms with Gasteiger partial charge in [0, 0.05) is 17.2 Å². The van der Waals surface area contributed by atoms with Gasteiger partial charge < -0.3 is 5.73 Å². The third kappa shape index (κ3) is 3.75. The van der Waals surface area contributed by atoms with Crippen LogP contribution in [-0.4, -0.2) is 15.7 Å². The van der Waals surface area contributed by atoms with Gasteiger partial charge in [0.05, 0.1) is 5.69 Å². The summed E-state index contributed by atoms with van der Waals surface area (Å²) in [6.45, 7) is 3.66. The summed E-state index contributed by atoms with van der Waals surface area (Å²) in [6, 6.07) is 9.52. The summed E-state index contributed by atoms with van der Waals surface area (Å²) in [7, 11) is 0. The molecule has 0 amide bonds. The standard InChI is InChI=1S/C15H13ClN4S/c1-2-7-21-15-19-13(11(9-17)14(18)20-15)8-10-5-3-4-6-12(10)16/h2-6H,1,7-8H2,(H2,18,19,20). The predicted molar refractivity (Wildman–Crippen MR) is 86.3 cm³/mol. The van der Waals surface area contributed by atoms with E-state index >= 15 is 0 Å². The molecule has 106 valence electrons. The van der Waals surface area contributed by atoms with Crippen LogP contribution in [0.15, 0.2) is 42.1 Å². The van der Waals surface area contributed by atoms with Gasteiger partial charge in [-0.05, 0) is 11.6 Å². The molecule has 0 aliphatic heterocycles. The minimum atomic E-state index is 0.195. The van der Waals surface area contributed by atoms with Gasteiger partial charge in [-0.25, -0.2) is 9.97 Å². The first-order chi connectivity index (χ1) is 10.2. The quantitative estimate of drug-likeness (QED) is 0.519. The molecule has 0 bridgehead atoms. The van der Waals surface area contributed by atoms with Crippen molar-refractivity contribution in [2.75, 3.05) is 11.5 Å². The van der Waals surface area contributed by atoms with E-state index in [1.54, 1.807) is 12.1 Å². The summed E-state index contributed by atoms with van der Waals surface area (Å²) < 4.78 is 0. The summed E-state index contributed by atoms with van der Waals surface area (Å²) in [5.74, 6) is 0.873. The van der Waals surface area contributed by atoms with Crippen LogP contribution in [-0.2, 0) is 6.42 Å². The first kappa shape index (κ1) is 15.4. The highest BCUT2D eigenvalue weighted by Gasteiger charge is 2.14. The van der Waals surface area contributed by atoms with Crippen LogP contribution < -0.4 is 5.73 Å². The van der Waals surface area contributed by atoms with Gasteiger partial charge in [-0.1, -0.05) is 47.6 Å². The Labute approximate surface area is 132 Å². The normalized spacial score (nSPS) is 10.1. The molecule has 0 saturated heterocycles. The van der Waals surface area contributed by atoms with Gasteiger partial charge in [0.1, 0.15) is 17.5 Å². The second kappa shape index (κ2) is 7.11. The summed E-state index contributed by atoms with van der Waals surface area (Å²) >= 11 is 7.58. The monoisotopic (exact) mass is 316 g/mol. The summed E-state index contributed by atoms with van der Waals surface area (Å²) in [5.41, 5.74) is 7.64. The predicted octanol–water partition coefficient (Wildman–Crippen LogP) is 3.45. The van der Waals surface area contributed by atoms with E-state index < -0.39 is 0 Å². The second-order valence-electron chi connectivity index (χ2n) is 4.19. The lowest BCUT2D eigenvalue weighted by Crippen LogP contribution is -2.06. The second-order valence-corrected chi connectivity index (χ2v) is 5.59. The van der Waals surface area contributed by atoms with Gasteiger partial charge in [0.15, 0.2) is 5.16 Å². The smallest absolute Gasteiger partial charge is 0.190 e. The largest absolute Gasteiger partial charge is 0.382 e. The number of nitrogens with zero attached hydrogens (tertiary/aromatic N) is 3. The molecular weight excluding hydrogens is 304 g/mol. The van der Waals surface area contributed by atoms with Crippen LogP contribution in [0.4, 0.5) is 5.82 Å². The molecule has 1 aromatic heterocycles. The van der Waals surface area contributed by atoms with E-state index in [-0.39, 0.29) is 5.82 Å². The zero-order chi connectivity index (χ0) is 15.2. The topological polar surface area (TPSA) is 75.6 Å². The number of nitrogens with two attached hydrogens (primary N) is 1. The van der Waals surface area contributed by atoms with Gasteiger partial charge in [-0.3, -0.25) is 0 Å². The minimum absolute atomic E-state index is 0.195. The maximum atomic E-state index is 9.25. The average molecular weight is 317 g/mol. The molecular formula is C15H13ClN4S. The number of rotatable bonds is 5. The Morgan fingerprint density at radius 1 is 1.38 bits per heavy atom. The Morgan fingerprint density at radius 2 is 2.14 bits per heavy atom. The Balaban J connectivity index is 2.41. The van der Waals surface area contributed by atoms with Crippen LogP contribution in [0, 0.1) is 11.3 Å². The highest BCUT2D eigenvalue weighted by molar-refractivity contribution is 7.99. The molecule has 6 heteroatoms. The molecule has 21 heavy (non-hydrogen) atoms. The molecule has 2 rings (SSSR count).